The number of ether oxygens (including phenoxy) is 5. The Balaban J connectivity index is 3.97. The van der Waals surface area contributed by atoms with Crippen LogP contribution in [0.5, 0.6) is 0 Å². The summed E-state index contributed by atoms with van der Waals surface area (Å²) in [7, 11) is 3.32. The number of hydrogen-bond acceptors (Lipinski definition) is 5. The Hall–Kier alpha value is -0.460. The van der Waals surface area contributed by atoms with E-state index in [4.69, 9.17) is 23.7 Å². The SMILES string of the molecule is C=CC(CCCCCCCCC(OCC)(OCC)OCC)(OC)OC. The van der Waals surface area contributed by atoms with Gasteiger partial charge in [0.2, 0.25) is 0 Å². The maximum atomic E-state index is 5.75. The number of rotatable bonds is 18. The Morgan fingerprint density at radius 1 is 0.680 bits per heavy atom. The standard InChI is InChI=1S/C20H40O5/c1-7-19(21-5,22-6)17-15-13-11-12-14-16-18-20(23-8-2,24-9-3)25-10-4/h7H,1,8-18H2,2-6H3. The van der Waals surface area contributed by atoms with Crippen LogP contribution in [0.3, 0.4) is 0 Å². The van der Waals surface area contributed by atoms with E-state index in [9.17, 15) is 0 Å². The summed E-state index contributed by atoms with van der Waals surface area (Å²) < 4.78 is 28.1. The molecule has 0 saturated carbocycles. The predicted molar refractivity (Wildman–Crippen MR) is 101 cm³/mol. The highest BCUT2D eigenvalue weighted by molar-refractivity contribution is 4.88. The van der Waals surface area contributed by atoms with Gasteiger partial charge in [-0.3, -0.25) is 0 Å². The normalized spacial score (nSPS) is 12.5. The van der Waals surface area contributed by atoms with Crippen LogP contribution in [-0.4, -0.2) is 45.8 Å². The van der Waals surface area contributed by atoms with E-state index in [0.717, 1.165) is 38.5 Å². The molecule has 0 aromatic heterocycles. The van der Waals surface area contributed by atoms with Crippen molar-refractivity contribution in [2.45, 2.75) is 83.9 Å². The second-order valence-electron chi connectivity index (χ2n) is 6.03. The molecule has 0 unspecified atom stereocenters. The van der Waals surface area contributed by atoms with Gasteiger partial charge in [0.15, 0.2) is 5.79 Å². The number of unbranched alkanes of at least 4 members (excludes halogenated alkanes) is 5. The fourth-order valence-electron chi connectivity index (χ4n) is 2.98. The minimum absolute atomic E-state index is 0.587. The van der Waals surface area contributed by atoms with Gasteiger partial charge in [-0.25, -0.2) is 0 Å². The third kappa shape index (κ3) is 9.71. The molecule has 5 heteroatoms. The molecule has 25 heavy (non-hydrogen) atoms. The van der Waals surface area contributed by atoms with Gasteiger partial charge in [-0.2, -0.15) is 0 Å². The van der Waals surface area contributed by atoms with Crippen molar-refractivity contribution in [1.29, 1.82) is 0 Å². The van der Waals surface area contributed by atoms with Gasteiger partial charge < -0.3 is 23.7 Å². The van der Waals surface area contributed by atoms with Crippen LogP contribution in [0.25, 0.3) is 0 Å². The molecule has 0 atom stereocenters. The molecule has 5 nitrogen and oxygen atoms in total. The molecule has 150 valence electrons. The van der Waals surface area contributed by atoms with Gasteiger partial charge in [-0.1, -0.05) is 32.3 Å². The van der Waals surface area contributed by atoms with Crippen LogP contribution in [0.4, 0.5) is 0 Å². The molecule has 0 aromatic rings. The minimum atomic E-state index is -0.862. The van der Waals surface area contributed by atoms with Crippen molar-refractivity contribution in [3.05, 3.63) is 12.7 Å². The zero-order valence-corrected chi connectivity index (χ0v) is 17.1. The number of hydrogen-bond donors (Lipinski definition) is 0. The second-order valence-corrected chi connectivity index (χ2v) is 6.03. The van der Waals surface area contributed by atoms with Crippen LogP contribution in [0.15, 0.2) is 12.7 Å². The van der Waals surface area contributed by atoms with Gasteiger partial charge in [0.25, 0.3) is 5.97 Å². The quantitative estimate of drug-likeness (QED) is 0.194. The lowest BCUT2D eigenvalue weighted by molar-refractivity contribution is -0.380. The minimum Gasteiger partial charge on any atom is -0.350 e. The van der Waals surface area contributed by atoms with Crippen molar-refractivity contribution in [1.82, 2.24) is 0 Å². The van der Waals surface area contributed by atoms with Crippen molar-refractivity contribution < 1.29 is 23.7 Å². The largest absolute Gasteiger partial charge is 0.350 e. The first-order valence-corrected chi connectivity index (χ1v) is 9.73. The van der Waals surface area contributed by atoms with E-state index in [1.54, 1.807) is 20.3 Å². The average Bonchev–Trinajstić information content (AvgIpc) is 2.62. The molecule has 0 saturated heterocycles. The molecule has 0 aliphatic heterocycles. The first kappa shape index (κ1) is 24.5. The molecule has 0 heterocycles. The highest BCUT2D eigenvalue weighted by Crippen LogP contribution is 2.25. The summed E-state index contributed by atoms with van der Waals surface area (Å²) in [6, 6.07) is 0. The summed E-state index contributed by atoms with van der Waals surface area (Å²) >= 11 is 0. The van der Waals surface area contributed by atoms with Crippen LogP contribution in [0.1, 0.15) is 72.1 Å². The van der Waals surface area contributed by atoms with Crippen LogP contribution >= 0.6 is 0 Å². The zero-order chi connectivity index (χ0) is 19.0. The van der Waals surface area contributed by atoms with Gasteiger partial charge >= 0.3 is 0 Å². The first-order chi connectivity index (χ1) is 12.1. The van der Waals surface area contributed by atoms with Gasteiger partial charge in [0.1, 0.15) is 0 Å². The molecule has 0 bridgehead atoms. The molecule has 0 rings (SSSR count). The molecule has 0 aliphatic rings. The topological polar surface area (TPSA) is 46.2 Å². The highest BCUT2D eigenvalue weighted by atomic mass is 16.9. The molecular formula is C20H40O5. The molecule has 0 amide bonds. The molecule has 0 spiro atoms. The van der Waals surface area contributed by atoms with Crippen molar-refractivity contribution >= 4 is 0 Å². The summed E-state index contributed by atoms with van der Waals surface area (Å²) in [5, 5.41) is 0. The third-order valence-corrected chi connectivity index (χ3v) is 4.35. The summed E-state index contributed by atoms with van der Waals surface area (Å²) in [5.41, 5.74) is 0. The molecule has 0 aromatic carbocycles. The summed E-state index contributed by atoms with van der Waals surface area (Å²) in [6.45, 7) is 11.5. The van der Waals surface area contributed by atoms with E-state index in [1.807, 2.05) is 20.8 Å². The van der Waals surface area contributed by atoms with Crippen LogP contribution in [0, 0.1) is 0 Å². The molecule has 0 fully saturated rings. The zero-order valence-electron chi connectivity index (χ0n) is 17.1. The van der Waals surface area contributed by atoms with E-state index < -0.39 is 11.8 Å². The Kier molecular flexibility index (Phi) is 14.4. The Bertz CT molecular complexity index is 298. The first-order valence-electron chi connectivity index (χ1n) is 9.73. The maximum absolute atomic E-state index is 5.75. The monoisotopic (exact) mass is 360 g/mol. The van der Waals surface area contributed by atoms with Crippen molar-refractivity contribution in [2.75, 3.05) is 34.0 Å². The molecule has 0 radical (unpaired) electrons. The Labute approximate surface area is 155 Å². The number of methoxy groups -OCH3 is 2. The Morgan fingerprint density at radius 3 is 1.44 bits per heavy atom. The Morgan fingerprint density at radius 2 is 1.08 bits per heavy atom. The van der Waals surface area contributed by atoms with E-state index in [1.165, 1.54) is 12.8 Å². The van der Waals surface area contributed by atoms with E-state index in [-0.39, 0.29) is 0 Å². The fourth-order valence-corrected chi connectivity index (χ4v) is 2.98. The lowest BCUT2D eigenvalue weighted by atomic mass is 10.0. The smallest absolute Gasteiger partial charge is 0.282 e. The summed E-state index contributed by atoms with van der Waals surface area (Å²) in [6.07, 6.45) is 10.2. The van der Waals surface area contributed by atoms with Crippen molar-refractivity contribution in [2.24, 2.45) is 0 Å². The third-order valence-electron chi connectivity index (χ3n) is 4.35. The average molecular weight is 361 g/mol. The maximum Gasteiger partial charge on any atom is 0.282 e. The summed E-state index contributed by atoms with van der Waals surface area (Å²) in [5.74, 6) is -1.50. The lowest BCUT2D eigenvalue weighted by Gasteiger charge is -2.32. The molecular weight excluding hydrogens is 320 g/mol. The van der Waals surface area contributed by atoms with Crippen LogP contribution in [-0.2, 0) is 23.7 Å². The fraction of sp³-hybridized carbons (Fsp3) is 0.900. The van der Waals surface area contributed by atoms with Crippen molar-refractivity contribution in [3.63, 3.8) is 0 Å². The predicted octanol–water partition coefficient (Wildman–Crippen LogP) is 5.05. The lowest BCUT2D eigenvalue weighted by Crippen LogP contribution is -2.39. The van der Waals surface area contributed by atoms with Crippen molar-refractivity contribution in [3.8, 4) is 0 Å². The second kappa shape index (κ2) is 14.7. The van der Waals surface area contributed by atoms with E-state index >= 15 is 0 Å². The van der Waals surface area contributed by atoms with Gasteiger partial charge in [-0.15, -0.1) is 0 Å². The van der Waals surface area contributed by atoms with E-state index in [0.29, 0.717) is 19.8 Å². The van der Waals surface area contributed by atoms with Gasteiger partial charge in [0, 0.05) is 46.9 Å². The van der Waals surface area contributed by atoms with E-state index in [2.05, 4.69) is 6.58 Å². The van der Waals surface area contributed by atoms with Gasteiger partial charge in [-0.05, 0) is 39.7 Å². The van der Waals surface area contributed by atoms with Crippen LogP contribution in [0.2, 0.25) is 0 Å². The van der Waals surface area contributed by atoms with Gasteiger partial charge in [0.05, 0.1) is 0 Å². The molecule has 0 N–H and O–H groups in total. The molecule has 0 aliphatic carbocycles. The summed E-state index contributed by atoms with van der Waals surface area (Å²) in [4.78, 5) is 0. The highest BCUT2D eigenvalue weighted by Gasteiger charge is 2.31. The van der Waals surface area contributed by atoms with Crippen LogP contribution < -0.4 is 0 Å².